The predicted molar refractivity (Wildman–Crippen MR) is 135 cm³/mol. The van der Waals surface area contributed by atoms with Gasteiger partial charge < -0.3 is 9.62 Å². The molecule has 5 rings (SSSR count). The van der Waals surface area contributed by atoms with Gasteiger partial charge in [-0.3, -0.25) is 4.90 Å². The van der Waals surface area contributed by atoms with Gasteiger partial charge in [0.05, 0.1) is 11.3 Å². The van der Waals surface area contributed by atoms with Gasteiger partial charge in [-0.15, -0.1) is 0 Å². The van der Waals surface area contributed by atoms with Crippen molar-refractivity contribution in [3.63, 3.8) is 0 Å². The minimum absolute atomic E-state index is 0.0760. The monoisotopic (exact) mass is 499 g/mol. The van der Waals surface area contributed by atoms with Crippen LogP contribution in [0, 0.1) is 6.92 Å². The molecule has 184 valence electrons. The standard InChI is InChI=1S/C26H28F3N5S/c1-18-7-2-3-8-20(18)25-21(26(27,28)29)11-12-22(30-25)32-35-24-10-6-9-23(31-24)34-16-13-19(17-34)33-14-4-5-15-33/h2-3,6-12,19H,4-5,13-17H2,1H3,(H,30,32). The molecule has 2 aromatic heterocycles. The molecule has 2 fully saturated rings. The van der Waals surface area contributed by atoms with Crippen molar-refractivity contribution in [3.05, 3.63) is 65.7 Å². The summed E-state index contributed by atoms with van der Waals surface area (Å²) < 4.78 is 44.1. The minimum Gasteiger partial charge on any atom is -0.355 e. The maximum absolute atomic E-state index is 13.7. The zero-order chi connectivity index (χ0) is 24.4. The average Bonchev–Trinajstić information content (AvgIpc) is 3.55. The SMILES string of the molecule is Cc1ccccc1-c1nc(NSc2cccc(N3CCC(N4CCCC4)C3)n2)ccc1C(F)(F)F. The number of halogens is 3. The van der Waals surface area contributed by atoms with E-state index in [0.29, 0.717) is 17.4 Å². The highest BCUT2D eigenvalue weighted by Gasteiger charge is 2.35. The number of anilines is 2. The molecule has 2 saturated heterocycles. The molecule has 1 unspecified atom stereocenters. The smallest absolute Gasteiger partial charge is 0.355 e. The van der Waals surface area contributed by atoms with Gasteiger partial charge in [0.1, 0.15) is 16.7 Å². The number of alkyl halides is 3. The molecule has 3 aromatic rings. The molecular formula is C26H28F3N5S. The number of rotatable bonds is 6. The Balaban J connectivity index is 1.31. The van der Waals surface area contributed by atoms with Gasteiger partial charge in [-0.1, -0.05) is 30.3 Å². The van der Waals surface area contributed by atoms with E-state index in [1.165, 1.54) is 43.9 Å². The van der Waals surface area contributed by atoms with Crippen molar-refractivity contribution in [1.29, 1.82) is 0 Å². The molecule has 0 amide bonds. The summed E-state index contributed by atoms with van der Waals surface area (Å²) in [5, 5.41) is 0.742. The second kappa shape index (κ2) is 10.1. The summed E-state index contributed by atoms with van der Waals surface area (Å²) in [6.07, 6.45) is -0.768. The molecule has 1 atom stereocenters. The van der Waals surface area contributed by atoms with Gasteiger partial charge in [-0.25, -0.2) is 9.97 Å². The van der Waals surface area contributed by atoms with E-state index in [1.54, 1.807) is 31.2 Å². The number of likely N-dealkylation sites (tertiary alicyclic amines) is 1. The quantitative estimate of drug-likeness (QED) is 0.404. The minimum atomic E-state index is -4.49. The highest BCUT2D eigenvalue weighted by atomic mass is 32.2. The third kappa shape index (κ3) is 5.41. The third-order valence-electron chi connectivity index (χ3n) is 6.71. The molecule has 1 N–H and O–H groups in total. The van der Waals surface area contributed by atoms with Crippen molar-refractivity contribution < 1.29 is 13.2 Å². The molecule has 2 aliphatic rings. The Morgan fingerprint density at radius 1 is 0.943 bits per heavy atom. The Kier molecular flexibility index (Phi) is 6.88. The second-order valence-corrected chi connectivity index (χ2v) is 9.90. The Morgan fingerprint density at radius 3 is 2.51 bits per heavy atom. The normalized spacial score (nSPS) is 18.9. The summed E-state index contributed by atoms with van der Waals surface area (Å²) in [6, 6.07) is 15.9. The lowest BCUT2D eigenvalue weighted by atomic mass is 10.0. The van der Waals surface area contributed by atoms with Crippen LogP contribution in [0.25, 0.3) is 11.3 Å². The molecule has 0 spiro atoms. The molecule has 35 heavy (non-hydrogen) atoms. The van der Waals surface area contributed by atoms with Crippen molar-refractivity contribution in [2.45, 2.75) is 43.4 Å². The fourth-order valence-corrected chi connectivity index (χ4v) is 5.49. The van der Waals surface area contributed by atoms with Crippen LogP contribution in [-0.4, -0.2) is 47.1 Å². The van der Waals surface area contributed by atoms with Gasteiger partial charge >= 0.3 is 6.18 Å². The summed E-state index contributed by atoms with van der Waals surface area (Å²) in [5.74, 6) is 1.28. The molecule has 9 heteroatoms. The first kappa shape index (κ1) is 23.9. The fraction of sp³-hybridized carbons (Fsp3) is 0.385. The van der Waals surface area contributed by atoms with Crippen LogP contribution < -0.4 is 9.62 Å². The van der Waals surface area contributed by atoms with Gasteiger partial charge in [0.25, 0.3) is 0 Å². The first-order valence-corrected chi connectivity index (χ1v) is 12.7. The van der Waals surface area contributed by atoms with Crippen LogP contribution in [-0.2, 0) is 6.18 Å². The van der Waals surface area contributed by atoms with E-state index in [-0.39, 0.29) is 5.69 Å². The van der Waals surface area contributed by atoms with E-state index in [2.05, 4.69) is 19.5 Å². The molecular weight excluding hydrogens is 471 g/mol. The van der Waals surface area contributed by atoms with Crippen molar-refractivity contribution in [2.75, 3.05) is 35.8 Å². The summed E-state index contributed by atoms with van der Waals surface area (Å²) in [5.41, 5.74) is 0.384. The number of aromatic nitrogens is 2. The molecule has 0 saturated carbocycles. The lowest BCUT2D eigenvalue weighted by Gasteiger charge is -2.24. The zero-order valence-electron chi connectivity index (χ0n) is 19.6. The average molecular weight is 500 g/mol. The van der Waals surface area contributed by atoms with E-state index < -0.39 is 11.7 Å². The van der Waals surface area contributed by atoms with E-state index in [9.17, 15) is 13.2 Å². The van der Waals surface area contributed by atoms with Gasteiger partial charge in [0.2, 0.25) is 0 Å². The predicted octanol–water partition coefficient (Wildman–Crippen LogP) is 6.26. The van der Waals surface area contributed by atoms with Crippen molar-refractivity contribution in [1.82, 2.24) is 14.9 Å². The van der Waals surface area contributed by atoms with Crippen molar-refractivity contribution in [3.8, 4) is 11.3 Å². The molecule has 4 heterocycles. The number of hydrogen-bond donors (Lipinski definition) is 1. The summed E-state index contributed by atoms with van der Waals surface area (Å²) in [4.78, 5) is 14.0. The topological polar surface area (TPSA) is 44.3 Å². The first-order valence-electron chi connectivity index (χ1n) is 11.9. The summed E-state index contributed by atoms with van der Waals surface area (Å²) >= 11 is 1.25. The largest absolute Gasteiger partial charge is 0.418 e. The summed E-state index contributed by atoms with van der Waals surface area (Å²) in [7, 11) is 0. The first-order chi connectivity index (χ1) is 16.9. The zero-order valence-corrected chi connectivity index (χ0v) is 20.4. The van der Waals surface area contributed by atoms with E-state index in [1.807, 2.05) is 18.2 Å². The Hall–Kier alpha value is -2.78. The van der Waals surface area contributed by atoms with Crippen LogP contribution in [0.15, 0.2) is 59.6 Å². The number of aryl methyl sites for hydroxylation is 1. The van der Waals surface area contributed by atoms with E-state index >= 15 is 0 Å². The maximum atomic E-state index is 13.7. The van der Waals surface area contributed by atoms with E-state index in [0.717, 1.165) is 42.0 Å². The summed E-state index contributed by atoms with van der Waals surface area (Å²) in [6.45, 7) is 6.13. The highest BCUT2D eigenvalue weighted by molar-refractivity contribution is 8.00. The van der Waals surface area contributed by atoms with Crippen LogP contribution in [0.4, 0.5) is 24.8 Å². The third-order valence-corrected chi connectivity index (χ3v) is 7.46. The number of nitrogens with zero attached hydrogens (tertiary/aromatic N) is 4. The van der Waals surface area contributed by atoms with Crippen LogP contribution in [0.5, 0.6) is 0 Å². The van der Waals surface area contributed by atoms with Gasteiger partial charge in [-0.2, -0.15) is 13.2 Å². The van der Waals surface area contributed by atoms with Crippen LogP contribution in [0.3, 0.4) is 0 Å². The lowest BCUT2D eigenvalue weighted by molar-refractivity contribution is -0.137. The Bertz CT molecular complexity index is 1180. The highest BCUT2D eigenvalue weighted by Crippen LogP contribution is 2.38. The van der Waals surface area contributed by atoms with E-state index in [4.69, 9.17) is 4.98 Å². The molecule has 0 radical (unpaired) electrons. The number of pyridine rings is 2. The van der Waals surface area contributed by atoms with Crippen LogP contribution in [0.1, 0.15) is 30.4 Å². The van der Waals surface area contributed by atoms with Crippen molar-refractivity contribution >= 4 is 23.6 Å². The molecule has 1 aromatic carbocycles. The van der Waals surface area contributed by atoms with Crippen LogP contribution >= 0.6 is 11.9 Å². The van der Waals surface area contributed by atoms with Crippen LogP contribution in [0.2, 0.25) is 0 Å². The van der Waals surface area contributed by atoms with Gasteiger partial charge in [-0.05, 0) is 69.1 Å². The number of benzene rings is 1. The lowest BCUT2D eigenvalue weighted by Crippen LogP contribution is -2.35. The van der Waals surface area contributed by atoms with Gasteiger partial charge in [0.15, 0.2) is 0 Å². The Labute approximate surface area is 207 Å². The molecule has 5 nitrogen and oxygen atoms in total. The molecule has 0 aliphatic carbocycles. The number of nitrogens with one attached hydrogen (secondary N) is 1. The van der Waals surface area contributed by atoms with Crippen molar-refractivity contribution in [2.24, 2.45) is 0 Å². The maximum Gasteiger partial charge on any atom is 0.418 e. The Morgan fingerprint density at radius 2 is 1.74 bits per heavy atom. The van der Waals surface area contributed by atoms with Gasteiger partial charge in [0, 0.05) is 36.6 Å². The number of hydrogen-bond acceptors (Lipinski definition) is 6. The molecule has 0 bridgehead atoms. The molecule has 2 aliphatic heterocycles. The fourth-order valence-electron chi connectivity index (χ4n) is 4.88. The second-order valence-electron chi connectivity index (χ2n) is 9.08.